The van der Waals surface area contributed by atoms with Gasteiger partial charge in [0.15, 0.2) is 0 Å². The quantitative estimate of drug-likeness (QED) is 0.821. The number of carbonyl (C=O) groups is 1. The van der Waals surface area contributed by atoms with Gasteiger partial charge in [-0.05, 0) is 37.0 Å². The molecule has 0 aromatic heterocycles. The number of rotatable bonds is 3. The van der Waals surface area contributed by atoms with Crippen molar-refractivity contribution in [1.29, 1.82) is 0 Å². The van der Waals surface area contributed by atoms with Crippen molar-refractivity contribution in [2.45, 2.75) is 12.8 Å². The highest BCUT2D eigenvalue weighted by Gasteiger charge is 2.27. The second-order valence-electron chi connectivity index (χ2n) is 4.66. The number of likely N-dealkylation sites (tertiary alicyclic amines) is 1. The van der Waals surface area contributed by atoms with Gasteiger partial charge in [-0.1, -0.05) is 11.6 Å². The van der Waals surface area contributed by atoms with Gasteiger partial charge in [-0.25, -0.2) is 0 Å². The Morgan fingerprint density at radius 3 is 3.00 bits per heavy atom. The van der Waals surface area contributed by atoms with Crippen molar-refractivity contribution in [2.75, 3.05) is 25.4 Å². The maximum absolute atomic E-state index is 12.3. The Balaban J connectivity index is 2.08. The molecule has 1 fully saturated rings. The molecule has 1 aliphatic rings. The lowest BCUT2D eigenvalue weighted by molar-refractivity contribution is 0.0785. The summed E-state index contributed by atoms with van der Waals surface area (Å²) >= 11 is 6.03. The molecule has 5 heteroatoms. The zero-order valence-corrected chi connectivity index (χ0v) is 10.9. The third-order valence-corrected chi connectivity index (χ3v) is 3.65. The van der Waals surface area contributed by atoms with Crippen molar-refractivity contribution in [3.63, 3.8) is 0 Å². The Bertz CT molecular complexity index is 451. The zero-order chi connectivity index (χ0) is 13.1. The lowest BCUT2D eigenvalue weighted by Gasteiger charge is -2.17. The van der Waals surface area contributed by atoms with Gasteiger partial charge in [0.1, 0.15) is 0 Å². The molecule has 98 valence electrons. The number of hydrogen-bond donors (Lipinski definition) is 2. The summed E-state index contributed by atoms with van der Waals surface area (Å²) in [6.07, 6.45) is 1.69. The third-order valence-electron chi connectivity index (χ3n) is 3.33. The number of aliphatic hydroxyl groups is 1. The van der Waals surface area contributed by atoms with Crippen molar-refractivity contribution in [1.82, 2.24) is 4.90 Å². The summed E-state index contributed by atoms with van der Waals surface area (Å²) in [4.78, 5) is 14.1. The second-order valence-corrected chi connectivity index (χ2v) is 5.06. The van der Waals surface area contributed by atoms with Gasteiger partial charge in [0, 0.05) is 25.4 Å². The van der Waals surface area contributed by atoms with E-state index in [1.807, 2.05) is 0 Å². The first-order chi connectivity index (χ1) is 8.61. The Labute approximate surface area is 111 Å². The van der Waals surface area contributed by atoms with Crippen molar-refractivity contribution in [2.24, 2.45) is 5.92 Å². The van der Waals surface area contributed by atoms with Crippen LogP contribution in [-0.2, 0) is 0 Å². The van der Waals surface area contributed by atoms with Gasteiger partial charge in [0.05, 0.1) is 10.6 Å². The number of anilines is 1. The molecule has 0 bridgehead atoms. The largest absolute Gasteiger partial charge is 0.399 e. The lowest BCUT2D eigenvalue weighted by atomic mass is 10.1. The minimum atomic E-state index is -0.0551. The molecule has 18 heavy (non-hydrogen) atoms. The van der Waals surface area contributed by atoms with Gasteiger partial charge >= 0.3 is 0 Å². The van der Waals surface area contributed by atoms with E-state index in [1.54, 1.807) is 23.1 Å². The molecule has 1 unspecified atom stereocenters. The predicted octanol–water partition coefficient (Wildman–Crippen LogP) is 1.77. The van der Waals surface area contributed by atoms with Crippen molar-refractivity contribution >= 4 is 23.2 Å². The number of aliphatic hydroxyl groups excluding tert-OH is 1. The highest BCUT2D eigenvalue weighted by molar-refractivity contribution is 6.34. The first kappa shape index (κ1) is 13.2. The Hall–Kier alpha value is -1.26. The Morgan fingerprint density at radius 2 is 2.33 bits per heavy atom. The van der Waals surface area contributed by atoms with Crippen molar-refractivity contribution < 1.29 is 9.90 Å². The van der Waals surface area contributed by atoms with Crippen LogP contribution in [0.3, 0.4) is 0 Å². The molecule has 1 aromatic rings. The van der Waals surface area contributed by atoms with Gasteiger partial charge in [-0.15, -0.1) is 0 Å². The van der Waals surface area contributed by atoms with Crippen LogP contribution in [0.5, 0.6) is 0 Å². The number of halogens is 1. The third kappa shape index (κ3) is 2.76. The summed E-state index contributed by atoms with van der Waals surface area (Å²) in [6, 6.07) is 4.94. The standard InChI is InChI=1S/C13H17ClN2O2/c14-12-7-10(15)1-2-11(12)13(18)16-5-3-9(8-16)4-6-17/h1-2,7,9,17H,3-6,8,15H2. The van der Waals surface area contributed by atoms with E-state index in [9.17, 15) is 4.79 Å². The van der Waals surface area contributed by atoms with Gasteiger partial charge in [0.2, 0.25) is 0 Å². The van der Waals surface area contributed by atoms with Crippen LogP contribution in [-0.4, -0.2) is 35.6 Å². The molecule has 1 heterocycles. The molecule has 0 radical (unpaired) electrons. The highest BCUT2D eigenvalue weighted by Crippen LogP contribution is 2.25. The fraction of sp³-hybridized carbons (Fsp3) is 0.462. The molecule has 1 aliphatic heterocycles. The molecule has 4 nitrogen and oxygen atoms in total. The molecule has 1 aromatic carbocycles. The Morgan fingerprint density at radius 1 is 1.56 bits per heavy atom. The number of benzene rings is 1. The van der Waals surface area contributed by atoms with Crippen LogP contribution < -0.4 is 5.73 Å². The minimum Gasteiger partial charge on any atom is -0.399 e. The van der Waals surface area contributed by atoms with Crippen LogP contribution >= 0.6 is 11.6 Å². The van der Waals surface area contributed by atoms with E-state index in [1.165, 1.54) is 0 Å². The number of nitrogen functional groups attached to an aromatic ring is 1. The lowest BCUT2D eigenvalue weighted by Crippen LogP contribution is -2.29. The second kappa shape index (κ2) is 5.59. The van der Waals surface area contributed by atoms with E-state index >= 15 is 0 Å². The maximum atomic E-state index is 12.3. The maximum Gasteiger partial charge on any atom is 0.255 e. The van der Waals surface area contributed by atoms with E-state index in [4.69, 9.17) is 22.4 Å². The summed E-state index contributed by atoms with van der Waals surface area (Å²) in [7, 11) is 0. The van der Waals surface area contributed by atoms with E-state index < -0.39 is 0 Å². The molecule has 0 spiro atoms. The smallest absolute Gasteiger partial charge is 0.255 e. The molecule has 0 aliphatic carbocycles. The molecule has 1 amide bonds. The molecular formula is C13H17ClN2O2. The fourth-order valence-corrected chi connectivity index (χ4v) is 2.58. The molecule has 3 N–H and O–H groups in total. The van der Waals surface area contributed by atoms with Crippen LogP contribution in [0, 0.1) is 5.92 Å². The minimum absolute atomic E-state index is 0.0551. The van der Waals surface area contributed by atoms with Gasteiger partial charge in [-0.3, -0.25) is 4.79 Å². The number of nitrogens with two attached hydrogens (primary N) is 1. The summed E-state index contributed by atoms with van der Waals surface area (Å²) in [5.41, 5.74) is 6.65. The van der Waals surface area contributed by atoms with Gasteiger partial charge in [-0.2, -0.15) is 0 Å². The number of amides is 1. The van der Waals surface area contributed by atoms with Crippen LogP contribution in [0.4, 0.5) is 5.69 Å². The zero-order valence-electron chi connectivity index (χ0n) is 10.1. The van der Waals surface area contributed by atoms with Crippen LogP contribution in [0.2, 0.25) is 5.02 Å². The van der Waals surface area contributed by atoms with E-state index in [0.717, 1.165) is 19.4 Å². The molecular weight excluding hydrogens is 252 g/mol. The van der Waals surface area contributed by atoms with E-state index in [0.29, 0.717) is 28.7 Å². The molecule has 2 rings (SSSR count). The topological polar surface area (TPSA) is 66.6 Å². The first-order valence-corrected chi connectivity index (χ1v) is 6.44. The number of carbonyl (C=O) groups excluding carboxylic acids is 1. The van der Waals surface area contributed by atoms with E-state index in [-0.39, 0.29) is 12.5 Å². The van der Waals surface area contributed by atoms with Crippen LogP contribution in [0.15, 0.2) is 18.2 Å². The first-order valence-electron chi connectivity index (χ1n) is 6.07. The number of hydrogen-bond acceptors (Lipinski definition) is 3. The predicted molar refractivity (Wildman–Crippen MR) is 71.6 cm³/mol. The normalized spacial score (nSPS) is 19.2. The monoisotopic (exact) mass is 268 g/mol. The Kier molecular flexibility index (Phi) is 4.09. The summed E-state index contributed by atoms with van der Waals surface area (Å²) < 4.78 is 0. The average molecular weight is 269 g/mol. The van der Waals surface area contributed by atoms with Crippen molar-refractivity contribution in [3.8, 4) is 0 Å². The van der Waals surface area contributed by atoms with Crippen molar-refractivity contribution in [3.05, 3.63) is 28.8 Å². The summed E-state index contributed by atoms with van der Waals surface area (Å²) in [6.45, 7) is 1.60. The van der Waals surface area contributed by atoms with Crippen LogP contribution in [0.1, 0.15) is 23.2 Å². The van der Waals surface area contributed by atoms with Crippen LogP contribution in [0.25, 0.3) is 0 Å². The average Bonchev–Trinajstić information content (AvgIpc) is 2.77. The summed E-state index contributed by atoms with van der Waals surface area (Å²) in [5, 5.41) is 9.30. The molecule has 1 saturated heterocycles. The van der Waals surface area contributed by atoms with Gasteiger partial charge in [0.25, 0.3) is 5.91 Å². The SMILES string of the molecule is Nc1ccc(C(=O)N2CCC(CCO)C2)c(Cl)c1. The molecule has 1 atom stereocenters. The van der Waals surface area contributed by atoms with Gasteiger partial charge < -0.3 is 15.7 Å². The summed E-state index contributed by atoms with van der Waals surface area (Å²) in [5.74, 6) is 0.340. The highest BCUT2D eigenvalue weighted by atomic mass is 35.5. The molecule has 0 saturated carbocycles. The fourth-order valence-electron chi connectivity index (χ4n) is 2.31. The number of nitrogens with zero attached hydrogens (tertiary/aromatic N) is 1. The van der Waals surface area contributed by atoms with E-state index in [2.05, 4.69) is 0 Å².